The van der Waals surface area contributed by atoms with Crippen molar-refractivity contribution in [2.75, 3.05) is 4.72 Å². The average Bonchev–Trinajstić information content (AvgIpc) is 2.37. The zero-order chi connectivity index (χ0) is 14.9. The third kappa shape index (κ3) is 3.28. The number of hydrogen-bond acceptors (Lipinski definition) is 3. The second kappa shape index (κ2) is 5.67. The van der Waals surface area contributed by atoms with Gasteiger partial charge in [0.25, 0.3) is 10.0 Å². The topological polar surface area (TPSA) is 59.1 Å². The Hall–Kier alpha value is -1.18. The fourth-order valence-electron chi connectivity index (χ4n) is 1.47. The largest absolute Gasteiger partial charge is 0.278 e. The number of rotatable bonds is 3. The molecule has 0 saturated carbocycles. The van der Waals surface area contributed by atoms with Gasteiger partial charge in [0.1, 0.15) is 11.0 Å². The van der Waals surface area contributed by atoms with Gasteiger partial charge in [0.05, 0.1) is 21.3 Å². The summed E-state index contributed by atoms with van der Waals surface area (Å²) >= 11 is 8.73. The maximum absolute atomic E-state index is 13.4. The molecule has 2 aromatic rings. The maximum Gasteiger partial charge on any atom is 0.262 e. The summed E-state index contributed by atoms with van der Waals surface area (Å²) in [5.41, 5.74) is 0.893. The molecule has 106 valence electrons. The Bertz CT molecular complexity index is 768. The molecule has 1 aromatic carbocycles. The van der Waals surface area contributed by atoms with Crippen LogP contribution in [0.15, 0.2) is 39.8 Å². The number of benzene rings is 1. The van der Waals surface area contributed by atoms with Gasteiger partial charge in [0.2, 0.25) is 0 Å². The van der Waals surface area contributed by atoms with E-state index < -0.39 is 15.8 Å². The van der Waals surface area contributed by atoms with Crippen LogP contribution in [-0.2, 0) is 10.0 Å². The second-order valence-corrected chi connectivity index (χ2v) is 6.91. The first-order valence-corrected chi connectivity index (χ1v) is 8.05. The Morgan fingerprint density at radius 3 is 2.65 bits per heavy atom. The lowest BCUT2D eigenvalue weighted by Gasteiger charge is -2.09. The average molecular weight is 380 g/mol. The van der Waals surface area contributed by atoms with Crippen molar-refractivity contribution in [3.05, 3.63) is 51.5 Å². The van der Waals surface area contributed by atoms with Gasteiger partial charge < -0.3 is 0 Å². The van der Waals surface area contributed by atoms with Crippen LogP contribution in [0.4, 0.5) is 10.1 Å². The van der Waals surface area contributed by atoms with Crippen molar-refractivity contribution in [1.82, 2.24) is 4.98 Å². The number of nitrogens with zero attached hydrogens (tertiary/aromatic N) is 1. The molecule has 0 radical (unpaired) electrons. The molecule has 1 N–H and O–H groups in total. The van der Waals surface area contributed by atoms with Gasteiger partial charge in [-0.1, -0.05) is 11.6 Å². The molecule has 0 aliphatic carbocycles. The van der Waals surface area contributed by atoms with E-state index in [9.17, 15) is 12.8 Å². The van der Waals surface area contributed by atoms with E-state index in [0.29, 0.717) is 10.7 Å². The molecule has 0 saturated heterocycles. The molecule has 1 aromatic heterocycles. The Labute approximate surface area is 129 Å². The Balaban J connectivity index is 2.35. The van der Waals surface area contributed by atoms with E-state index in [4.69, 9.17) is 11.6 Å². The lowest BCUT2D eigenvalue weighted by Crippen LogP contribution is -2.13. The highest BCUT2D eigenvalue weighted by molar-refractivity contribution is 9.10. The van der Waals surface area contributed by atoms with E-state index in [2.05, 4.69) is 25.6 Å². The molecule has 2 rings (SSSR count). The van der Waals surface area contributed by atoms with E-state index >= 15 is 0 Å². The van der Waals surface area contributed by atoms with Crippen molar-refractivity contribution in [3.8, 4) is 0 Å². The highest BCUT2D eigenvalue weighted by Crippen LogP contribution is 2.22. The minimum absolute atomic E-state index is 0.175. The second-order valence-electron chi connectivity index (χ2n) is 4.01. The Morgan fingerprint density at radius 1 is 1.35 bits per heavy atom. The number of nitrogens with one attached hydrogen (secondary N) is 1. The summed E-state index contributed by atoms with van der Waals surface area (Å²) in [5.74, 6) is -0.654. The maximum atomic E-state index is 13.4. The van der Waals surface area contributed by atoms with E-state index in [1.165, 1.54) is 18.3 Å². The lowest BCUT2D eigenvalue weighted by atomic mass is 10.3. The number of pyridine rings is 1. The van der Waals surface area contributed by atoms with Crippen LogP contribution in [-0.4, -0.2) is 13.4 Å². The van der Waals surface area contributed by atoms with E-state index in [1.54, 1.807) is 13.0 Å². The van der Waals surface area contributed by atoms with Crippen molar-refractivity contribution >= 4 is 43.2 Å². The van der Waals surface area contributed by atoms with E-state index in [1.807, 2.05) is 0 Å². The van der Waals surface area contributed by atoms with Crippen molar-refractivity contribution in [2.45, 2.75) is 11.8 Å². The number of halogens is 3. The molecule has 4 nitrogen and oxygen atoms in total. The first kappa shape index (κ1) is 15.2. The van der Waals surface area contributed by atoms with Gasteiger partial charge in [-0.15, -0.1) is 0 Å². The van der Waals surface area contributed by atoms with Gasteiger partial charge >= 0.3 is 0 Å². The highest BCUT2D eigenvalue weighted by Gasteiger charge is 2.16. The van der Waals surface area contributed by atoms with Crippen LogP contribution in [0.3, 0.4) is 0 Å². The van der Waals surface area contributed by atoms with Crippen LogP contribution < -0.4 is 4.72 Å². The molecule has 0 spiro atoms. The first-order chi connectivity index (χ1) is 9.29. The summed E-state index contributed by atoms with van der Waals surface area (Å²) in [6.07, 6.45) is 1.29. The lowest BCUT2D eigenvalue weighted by molar-refractivity contribution is 0.593. The predicted octanol–water partition coefficient (Wildman–Crippen LogP) is 3.75. The van der Waals surface area contributed by atoms with E-state index in [0.717, 1.165) is 6.07 Å². The number of hydrogen-bond donors (Lipinski definition) is 1. The fourth-order valence-corrected chi connectivity index (χ4v) is 2.87. The molecule has 0 atom stereocenters. The minimum atomic E-state index is -3.88. The SMILES string of the molecule is Cc1cc(NS(=O)(=O)c2ccc(Br)c(F)c2)cnc1Cl. The highest BCUT2D eigenvalue weighted by atomic mass is 79.9. The predicted molar refractivity (Wildman–Crippen MR) is 78.9 cm³/mol. The minimum Gasteiger partial charge on any atom is -0.278 e. The van der Waals surface area contributed by atoms with Crippen LogP contribution in [0, 0.1) is 12.7 Å². The van der Waals surface area contributed by atoms with Crippen LogP contribution in [0.1, 0.15) is 5.56 Å². The van der Waals surface area contributed by atoms with Crippen molar-refractivity contribution in [3.63, 3.8) is 0 Å². The Kier molecular flexibility index (Phi) is 4.31. The van der Waals surface area contributed by atoms with Gasteiger partial charge in [-0.05, 0) is 52.7 Å². The van der Waals surface area contributed by atoms with Gasteiger partial charge in [-0.2, -0.15) is 0 Å². The molecule has 0 aliphatic heterocycles. The molecule has 0 bridgehead atoms. The van der Waals surface area contributed by atoms with Gasteiger partial charge in [0, 0.05) is 0 Å². The molecular formula is C12H9BrClFN2O2S. The zero-order valence-electron chi connectivity index (χ0n) is 10.2. The van der Waals surface area contributed by atoms with Crippen LogP contribution >= 0.6 is 27.5 Å². The number of sulfonamides is 1. The monoisotopic (exact) mass is 378 g/mol. The molecular weight excluding hydrogens is 371 g/mol. The molecule has 0 amide bonds. The summed E-state index contributed by atoms with van der Waals surface area (Å²) in [6.45, 7) is 1.70. The standard InChI is InChI=1S/C12H9BrClFN2O2S/c1-7-4-8(6-16-12(7)14)17-20(18,19)9-2-3-10(13)11(15)5-9/h2-6,17H,1H3. The normalized spacial score (nSPS) is 11.4. The quantitative estimate of drug-likeness (QED) is 0.826. The molecule has 1 heterocycles. The fraction of sp³-hybridized carbons (Fsp3) is 0.0833. The van der Waals surface area contributed by atoms with Gasteiger partial charge in [-0.25, -0.2) is 17.8 Å². The number of aryl methyl sites for hydroxylation is 1. The summed E-state index contributed by atoms with van der Waals surface area (Å²) in [5, 5.41) is 0.294. The molecule has 8 heteroatoms. The van der Waals surface area contributed by atoms with Crippen LogP contribution in [0.2, 0.25) is 5.15 Å². The smallest absolute Gasteiger partial charge is 0.262 e. The first-order valence-electron chi connectivity index (χ1n) is 5.39. The summed E-state index contributed by atoms with van der Waals surface area (Å²) in [6, 6.07) is 5.10. The molecule has 20 heavy (non-hydrogen) atoms. The molecule has 0 aliphatic rings. The van der Waals surface area contributed by atoms with Crippen molar-refractivity contribution < 1.29 is 12.8 Å². The Morgan fingerprint density at radius 2 is 2.05 bits per heavy atom. The molecule has 0 fully saturated rings. The third-order valence-electron chi connectivity index (χ3n) is 2.47. The van der Waals surface area contributed by atoms with Gasteiger partial charge in [-0.3, -0.25) is 4.72 Å². The summed E-state index contributed by atoms with van der Waals surface area (Å²) < 4.78 is 40.1. The van der Waals surface area contributed by atoms with Crippen molar-refractivity contribution in [2.24, 2.45) is 0 Å². The van der Waals surface area contributed by atoms with Crippen LogP contribution in [0.5, 0.6) is 0 Å². The number of anilines is 1. The summed E-state index contributed by atoms with van der Waals surface area (Å²) in [4.78, 5) is 3.67. The summed E-state index contributed by atoms with van der Waals surface area (Å²) in [7, 11) is -3.88. The van der Waals surface area contributed by atoms with E-state index in [-0.39, 0.29) is 15.1 Å². The van der Waals surface area contributed by atoms with Crippen molar-refractivity contribution in [1.29, 1.82) is 0 Å². The number of aromatic nitrogens is 1. The van der Waals surface area contributed by atoms with Crippen LogP contribution in [0.25, 0.3) is 0 Å². The third-order valence-corrected chi connectivity index (χ3v) is 4.89. The molecule has 0 unspecified atom stereocenters. The van der Waals surface area contributed by atoms with Gasteiger partial charge in [0.15, 0.2) is 0 Å². The zero-order valence-corrected chi connectivity index (χ0v) is 13.4.